The average molecular weight is 402 g/mol. The molecule has 1 amide bonds. The van der Waals surface area contributed by atoms with Gasteiger partial charge < -0.3 is 4.74 Å². The van der Waals surface area contributed by atoms with Crippen molar-refractivity contribution >= 4 is 17.2 Å². The minimum atomic E-state index is -0.0740. The number of nitrogens with zero attached hydrogens (tertiary/aromatic N) is 3. The van der Waals surface area contributed by atoms with Crippen molar-refractivity contribution in [3.05, 3.63) is 95.9 Å². The Morgan fingerprint density at radius 2 is 1.70 bits per heavy atom. The molecule has 1 N–H and O–H groups in total. The Labute approximate surface area is 175 Å². The van der Waals surface area contributed by atoms with E-state index in [4.69, 9.17) is 4.74 Å². The molecule has 1 aliphatic heterocycles. The van der Waals surface area contributed by atoms with Crippen LogP contribution in [0.15, 0.2) is 84.8 Å². The predicted molar refractivity (Wildman–Crippen MR) is 116 cm³/mol. The maximum Gasteiger partial charge on any atom is 0.353 e. The quantitative estimate of drug-likeness (QED) is 0.501. The van der Waals surface area contributed by atoms with E-state index in [1.165, 1.54) is 0 Å². The SMILES string of the molecule is CN(O)C1=C(c2ccc(OCc3ccccc3)cc2)C(=O)[N+](C)(c2ccncc2)C1. The van der Waals surface area contributed by atoms with Gasteiger partial charge in [-0.3, -0.25) is 15.3 Å². The molecule has 0 saturated carbocycles. The van der Waals surface area contributed by atoms with E-state index >= 15 is 0 Å². The molecule has 1 aliphatic rings. The summed E-state index contributed by atoms with van der Waals surface area (Å²) in [6, 6.07) is 21.0. The van der Waals surface area contributed by atoms with Crippen molar-refractivity contribution < 1.29 is 14.7 Å². The summed E-state index contributed by atoms with van der Waals surface area (Å²) >= 11 is 0. The molecule has 1 atom stereocenters. The van der Waals surface area contributed by atoms with Crippen molar-refractivity contribution in [3.8, 4) is 5.75 Å². The third-order valence-corrected chi connectivity index (χ3v) is 5.43. The number of aromatic nitrogens is 1. The fourth-order valence-corrected chi connectivity index (χ4v) is 3.72. The molecule has 3 aromatic rings. The molecule has 4 rings (SSSR count). The first-order valence-corrected chi connectivity index (χ1v) is 9.73. The highest BCUT2D eigenvalue weighted by atomic mass is 16.5. The Kier molecular flexibility index (Phi) is 5.35. The van der Waals surface area contributed by atoms with E-state index in [-0.39, 0.29) is 10.4 Å². The zero-order valence-electron chi connectivity index (χ0n) is 17.0. The number of hydrogen-bond donors (Lipinski definition) is 1. The first-order chi connectivity index (χ1) is 14.5. The van der Waals surface area contributed by atoms with Gasteiger partial charge in [-0.25, -0.2) is 9.28 Å². The highest BCUT2D eigenvalue weighted by Gasteiger charge is 2.47. The fraction of sp³-hybridized carbons (Fsp3) is 0.167. The van der Waals surface area contributed by atoms with Crippen LogP contribution in [0.1, 0.15) is 11.1 Å². The summed E-state index contributed by atoms with van der Waals surface area (Å²) < 4.78 is 5.90. The summed E-state index contributed by atoms with van der Waals surface area (Å²) in [5.74, 6) is 0.647. The highest BCUT2D eigenvalue weighted by molar-refractivity contribution is 6.26. The van der Waals surface area contributed by atoms with Crippen molar-refractivity contribution in [1.82, 2.24) is 14.5 Å². The van der Waals surface area contributed by atoms with Crippen LogP contribution < -0.4 is 9.22 Å². The molecule has 0 saturated heterocycles. The van der Waals surface area contributed by atoms with E-state index in [1.807, 2.05) is 73.8 Å². The van der Waals surface area contributed by atoms with E-state index in [9.17, 15) is 10.0 Å². The van der Waals surface area contributed by atoms with Crippen LogP contribution in [0.25, 0.3) is 5.57 Å². The topological polar surface area (TPSA) is 62.7 Å². The van der Waals surface area contributed by atoms with E-state index in [0.29, 0.717) is 24.4 Å². The lowest BCUT2D eigenvalue weighted by molar-refractivity contribution is -0.122. The van der Waals surface area contributed by atoms with Crippen molar-refractivity contribution in [2.45, 2.75) is 6.61 Å². The van der Waals surface area contributed by atoms with Gasteiger partial charge in [0.1, 0.15) is 35.9 Å². The summed E-state index contributed by atoms with van der Waals surface area (Å²) in [6.07, 6.45) is 3.34. The van der Waals surface area contributed by atoms with Crippen LogP contribution in [0.4, 0.5) is 5.69 Å². The molecule has 0 spiro atoms. The van der Waals surface area contributed by atoms with E-state index in [0.717, 1.165) is 27.6 Å². The lowest BCUT2D eigenvalue weighted by Crippen LogP contribution is -2.48. The Hall–Kier alpha value is -3.48. The summed E-state index contributed by atoms with van der Waals surface area (Å²) in [7, 11) is 3.40. The van der Waals surface area contributed by atoms with Crippen molar-refractivity contribution in [1.29, 1.82) is 0 Å². The van der Waals surface area contributed by atoms with Gasteiger partial charge in [-0.15, -0.1) is 0 Å². The van der Waals surface area contributed by atoms with Gasteiger partial charge in [-0.05, 0) is 23.3 Å². The summed E-state index contributed by atoms with van der Waals surface area (Å²) in [4.78, 5) is 17.5. The molecule has 6 nitrogen and oxygen atoms in total. The number of hydrogen-bond acceptors (Lipinski definition) is 5. The Morgan fingerprint density at radius 1 is 1.03 bits per heavy atom. The number of hydroxylamine groups is 2. The second-order valence-corrected chi connectivity index (χ2v) is 7.50. The largest absolute Gasteiger partial charge is 0.489 e. The minimum Gasteiger partial charge on any atom is -0.489 e. The van der Waals surface area contributed by atoms with E-state index < -0.39 is 0 Å². The van der Waals surface area contributed by atoms with Gasteiger partial charge in [0.05, 0.1) is 7.05 Å². The van der Waals surface area contributed by atoms with Crippen LogP contribution >= 0.6 is 0 Å². The third-order valence-electron chi connectivity index (χ3n) is 5.43. The van der Waals surface area contributed by atoms with Gasteiger partial charge in [0.15, 0.2) is 0 Å². The van der Waals surface area contributed by atoms with Gasteiger partial charge in [-0.2, -0.15) is 0 Å². The number of carbonyl (C=O) groups excluding carboxylic acids is 1. The number of ether oxygens (including phenoxy) is 1. The number of likely N-dealkylation sites (N-methyl/N-ethyl adjacent to an activating group) is 2. The number of amides is 1. The summed E-state index contributed by atoms with van der Waals surface area (Å²) in [6.45, 7) is 0.834. The molecule has 6 heteroatoms. The molecule has 2 heterocycles. The van der Waals surface area contributed by atoms with Gasteiger partial charge >= 0.3 is 5.91 Å². The smallest absolute Gasteiger partial charge is 0.353 e. The normalized spacial score (nSPS) is 18.6. The molecule has 0 aliphatic carbocycles. The first kappa shape index (κ1) is 19.8. The molecule has 152 valence electrons. The molecular weight excluding hydrogens is 378 g/mol. The van der Waals surface area contributed by atoms with Crippen LogP contribution in [0, 0.1) is 0 Å². The van der Waals surface area contributed by atoms with Crippen molar-refractivity contribution in [3.63, 3.8) is 0 Å². The maximum atomic E-state index is 13.5. The third kappa shape index (κ3) is 3.70. The molecule has 0 bridgehead atoms. The molecule has 2 aromatic carbocycles. The molecule has 1 unspecified atom stereocenters. The minimum absolute atomic E-state index is 0.0460. The lowest BCUT2D eigenvalue weighted by Gasteiger charge is -2.26. The monoisotopic (exact) mass is 402 g/mol. The summed E-state index contributed by atoms with van der Waals surface area (Å²) in [5, 5.41) is 11.3. The molecule has 1 aromatic heterocycles. The van der Waals surface area contributed by atoms with Gasteiger partial charge in [0.2, 0.25) is 0 Å². The number of pyridine rings is 1. The maximum absolute atomic E-state index is 13.5. The van der Waals surface area contributed by atoms with Crippen molar-refractivity contribution in [2.75, 3.05) is 20.6 Å². The predicted octanol–water partition coefficient (Wildman–Crippen LogP) is 3.87. The van der Waals surface area contributed by atoms with Crippen LogP contribution in [0.2, 0.25) is 0 Å². The van der Waals surface area contributed by atoms with E-state index in [2.05, 4.69) is 4.98 Å². The standard InChI is InChI=1S/C24H24N3O3/c1-26(29)22-16-27(2,20-12-14-25-15-13-20)24(28)23(22)19-8-10-21(11-9-19)30-17-18-6-4-3-5-7-18/h3-15,29H,16-17H2,1-2H3/q+1. The van der Waals surface area contributed by atoms with Crippen molar-refractivity contribution in [2.24, 2.45) is 0 Å². The summed E-state index contributed by atoms with van der Waals surface area (Å²) in [5.41, 5.74) is 3.75. The number of benzene rings is 2. The first-order valence-electron chi connectivity index (χ1n) is 9.73. The van der Waals surface area contributed by atoms with Crippen LogP contribution in [0.3, 0.4) is 0 Å². The highest BCUT2D eigenvalue weighted by Crippen LogP contribution is 2.37. The zero-order valence-corrected chi connectivity index (χ0v) is 17.0. The second-order valence-electron chi connectivity index (χ2n) is 7.50. The van der Waals surface area contributed by atoms with E-state index in [1.54, 1.807) is 19.4 Å². The van der Waals surface area contributed by atoms with Crippen LogP contribution in [-0.4, -0.2) is 41.8 Å². The average Bonchev–Trinajstić information content (AvgIpc) is 3.06. The van der Waals surface area contributed by atoms with Gasteiger partial charge in [0, 0.05) is 31.6 Å². The Morgan fingerprint density at radius 3 is 2.33 bits per heavy atom. The fourth-order valence-electron chi connectivity index (χ4n) is 3.72. The lowest BCUT2D eigenvalue weighted by atomic mass is 10.0. The molecule has 30 heavy (non-hydrogen) atoms. The second kappa shape index (κ2) is 8.10. The van der Waals surface area contributed by atoms with Gasteiger partial charge in [0.25, 0.3) is 0 Å². The molecular formula is C24H24N3O3+. The van der Waals surface area contributed by atoms with Crippen LogP contribution in [-0.2, 0) is 11.4 Å². The molecule has 0 radical (unpaired) electrons. The molecule has 0 fully saturated rings. The number of rotatable bonds is 6. The Balaban J connectivity index is 1.59. The van der Waals surface area contributed by atoms with Gasteiger partial charge in [-0.1, -0.05) is 42.5 Å². The number of carbonyl (C=O) groups is 1. The number of quaternary nitrogens is 1. The van der Waals surface area contributed by atoms with Crippen LogP contribution in [0.5, 0.6) is 5.75 Å². The zero-order chi connectivity index (χ0) is 21.1. The Bertz CT molecular complexity index is 1060.